The van der Waals surface area contributed by atoms with E-state index in [0.29, 0.717) is 5.13 Å². The number of anilines is 1. The fourth-order valence-electron chi connectivity index (χ4n) is 2.60. The summed E-state index contributed by atoms with van der Waals surface area (Å²) in [5.74, 6) is 0.183. The van der Waals surface area contributed by atoms with E-state index in [1.54, 1.807) is 0 Å². The van der Waals surface area contributed by atoms with Crippen molar-refractivity contribution in [1.82, 2.24) is 15.0 Å². The highest BCUT2D eigenvalue weighted by molar-refractivity contribution is 7.99. The molecule has 0 aliphatic rings. The van der Waals surface area contributed by atoms with Crippen LogP contribution in [0.3, 0.4) is 0 Å². The molecule has 0 fully saturated rings. The van der Waals surface area contributed by atoms with Gasteiger partial charge in [0.2, 0.25) is 5.91 Å². The molecule has 2 aromatic heterocycles. The molecular weight excluding hydrogens is 364 g/mol. The number of imidazole rings is 1. The lowest BCUT2D eigenvalue weighted by Crippen LogP contribution is -2.13. The molecule has 0 radical (unpaired) electrons. The Kier molecular flexibility index (Phi) is 4.73. The van der Waals surface area contributed by atoms with E-state index >= 15 is 0 Å². The number of carbonyl (C=O) groups excluding carboxylic acids is 1. The largest absolute Gasteiger partial charge is 0.333 e. The number of amides is 1. The number of nitrogens with one attached hydrogen (secondary N) is 2. The number of rotatable bonds is 5. The second kappa shape index (κ2) is 7.31. The number of H-pyrrole nitrogens is 1. The molecule has 0 aliphatic carbocycles. The third-order valence-electron chi connectivity index (χ3n) is 3.80. The van der Waals surface area contributed by atoms with Crippen LogP contribution in [-0.2, 0) is 4.79 Å². The van der Waals surface area contributed by atoms with Crippen LogP contribution < -0.4 is 5.32 Å². The summed E-state index contributed by atoms with van der Waals surface area (Å²) in [5, 5.41) is 4.24. The summed E-state index contributed by atoms with van der Waals surface area (Å²) in [6.07, 6.45) is 0. The topological polar surface area (TPSA) is 70.7 Å². The molecule has 2 aromatic carbocycles. The van der Waals surface area contributed by atoms with Crippen LogP contribution in [0.4, 0.5) is 5.13 Å². The fourth-order valence-corrected chi connectivity index (χ4v) is 4.14. The van der Waals surface area contributed by atoms with Gasteiger partial charge in [-0.25, -0.2) is 9.97 Å². The van der Waals surface area contributed by atoms with Crippen LogP contribution in [-0.4, -0.2) is 26.6 Å². The summed E-state index contributed by atoms with van der Waals surface area (Å²) in [6.45, 7) is 2.01. The number of aromatic nitrogens is 3. The molecule has 0 aliphatic heterocycles. The number of para-hydroxylation sites is 2. The first kappa shape index (κ1) is 16.8. The Morgan fingerprint density at radius 3 is 2.69 bits per heavy atom. The molecule has 0 saturated heterocycles. The lowest BCUT2D eigenvalue weighted by molar-refractivity contribution is -0.113. The molecule has 130 valence electrons. The summed E-state index contributed by atoms with van der Waals surface area (Å²) < 4.78 is 0. The second-order valence-electron chi connectivity index (χ2n) is 5.69. The number of hydrogen-bond acceptors (Lipinski definition) is 5. The highest BCUT2D eigenvalue weighted by Gasteiger charge is 2.13. The molecule has 4 aromatic rings. The summed E-state index contributed by atoms with van der Waals surface area (Å²) >= 11 is 2.87. The molecule has 1 amide bonds. The Morgan fingerprint density at radius 1 is 1.12 bits per heavy atom. The van der Waals surface area contributed by atoms with Crippen molar-refractivity contribution < 1.29 is 4.79 Å². The summed E-state index contributed by atoms with van der Waals surface area (Å²) in [7, 11) is 0. The van der Waals surface area contributed by atoms with Crippen molar-refractivity contribution in [2.45, 2.75) is 12.1 Å². The average Bonchev–Trinajstić information content (AvgIpc) is 3.23. The van der Waals surface area contributed by atoms with Gasteiger partial charge in [0.25, 0.3) is 0 Å². The van der Waals surface area contributed by atoms with Crippen molar-refractivity contribution in [3.63, 3.8) is 0 Å². The van der Waals surface area contributed by atoms with Crippen LogP contribution >= 0.6 is 23.1 Å². The molecule has 2 heterocycles. The molecule has 5 nitrogen and oxygen atoms in total. The van der Waals surface area contributed by atoms with Crippen LogP contribution in [0.5, 0.6) is 0 Å². The van der Waals surface area contributed by atoms with E-state index in [4.69, 9.17) is 0 Å². The first-order valence-corrected chi connectivity index (χ1v) is 9.89. The fraction of sp³-hybridized carbons (Fsp3) is 0.105. The Balaban J connectivity index is 1.40. The number of thiazole rings is 1. The van der Waals surface area contributed by atoms with E-state index in [-0.39, 0.29) is 11.7 Å². The Labute approximate surface area is 158 Å². The first-order valence-electron chi connectivity index (χ1n) is 8.09. The van der Waals surface area contributed by atoms with Crippen molar-refractivity contribution >= 4 is 45.2 Å². The van der Waals surface area contributed by atoms with Crippen LogP contribution in [0, 0.1) is 6.92 Å². The van der Waals surface area contributed by atoms with Crippen LogP contribution in [0.1, 0.15) is 4.88 Å². The van der Waals surface area contributed by atoms with Gasteiger partial charge in [-0.1, -0.05) is 54.2 Å². The van der Waals surface area contributed by atoms with Crippen molar-refractivity contribution in [2.24, 2.45) is 0 Å². The number of benzene rings is 2. The van der Waals surface area contributed by atoms with E-state index in [9.17, 15) is 4.79 Å². The van der Waals surface area contributed by atoms with Gasteiger partial charge in [0, 0.05) is 10.4 Å². The lowest BCUT2D eigenvalue weighted by Gasteiger charge is -2.00. The molecule has 0 bridgehead atoms. The monoisotopic (exact) mass is 380 g/mol. The third-order valence-corrected chi connectivity index (χ3v) is 5.56. The van der Waals surface area contributed by atoms with E-state index in [1.165, 1.54) is 23.1 Å². The zero-order chi connectivity index (χ0) is 17.9. The molecule has 2 N–H and O–H groups in total. The molecule has 7 heteroatoms. The second-order valence-corrected chi connectivity index (χ2v) is 7.85. The molecule has 0 atom stereocenters. The van der Waals surface area contributed by atoms with Gasteiger partial charge in [0.15, 0.2) is 10.3 Å². The maximum Gasteiger partial charge on any atom is 0.236 e. The number of carbonyl (C=O) groups is 1. The van der Waals surface area contributed by atoms with Gasteiger partial charge in [-0.05, 0) is 19.1 Å². The number of hydrogen-bond donors (Lipinski definition) is 2. The molecular formula is C19H16N4OS2. The molecule has 0 saturated carbocycles. The van der Waals surface area contributed by atoms with Crippen molar-refractivity contribution in [3.05, 3.63) is 59.5 Å². The number of aryl methyl sites for hydroxylation is 1. The predicted molar refractivity (Wildman–Crippen MR) is 108 cm³/mol. The van der Waals surface area contributed by atoms with E-state index < -0.39 is 0 Å². The Morgan fingerprint density at radius 2 is 1.88 bits per heavy atom. The maximum atomic E-state index is 12.3. The smallest absolute Gasteiger partial charge is 0.236 e. The molecule has 4 rings (SSSR count). The molecule has 26 heavy (non-hydrogen) atoms. The maximum absolute atomic E-state index is 12.3. The van der Waals surface area contributed by atoms with Crippen molar-refractivity contribution in [3.8, 4) is 11.3 Å². The van der Waals surface area contributed by atoms with E-state index in [1.807, 2.05) is 61.5 Å². The third kappa shape index (κ3) is 3.63. The van der Waals surface area contributed by atoms with Gasteiger partial charge in [0.05, 0.1) is 22.5 Å². The molecule has 0 spiro atoms. The van der Waals surface area contributed by atoms with Crippen LogP contribution in [0.15, 0.2) is 59.8 Å². The van der Waals surface area contributed by atoms with Crippen LogP contribution in [0.25, 0.3) is 22.3 Å². The number of fused-ring (bicyclic) bond motifs is 1. The molecule has 0 unspecified atom stereocenters. The van der Waals surface area contributed by atoms with Gasteiger partial charge in [-0.15, -0.1) is 11.3 Å². The zero-order valence-electron chi connectivity index (χ0n) is 14.0. The lowest BCUT2D eigenvalue weighted by atomic mass is 10.1. The van der Waals surface area contributed by atoms with E-state index in [2.05, 4.69) is 20.3 Å². The minimum atomic E-state index is -0.0937. The Hall–Kier alpha value is -2.64. The number of aromatic amines is 1. The standard InChI is InChI=1S/C19H16N4OS2/c1-12-17(13-7-3-2-4-8-13)23-19(26-12)22-16(24)11-25-18-20-14-9-5-6-10-15(14)21-18/h2-10H,11H2,1H3,(H,20,21)(H,22,23,24). The summed E-state index contributed by atoms with van der Waals surface area (Å²) in [4.78, 5) is 25.6. The van der Waals surface area contributed by atoms with Crippen molar-refractivity contribution in [2.75, 3.05) is 11.1 Å². The summed E-state index contributed by atoms with van der Waals surface area (Å²) in [5.41, 5.74) is 3.84. The van der Waals surface area contributed by atoms with E-state index in [0.717, 1.165) is 32.3 Å². The van der Waals surface area contributed by atoms with Gasteiger partial charge in [-0.3, -0.25) is 4.79 Å². The summed E-state index contributed by atoms with van der Waals surface area (Å²) in [6, 6.07) is 17.8. The highest BCUT2D eigenvalue weighted by Crippen LogP contribution is 2.30. The van der Waals surface area contributed by atoms with Gasteiger partial charge in [-0.2, -0.15) is 0 Å². The number of thioether (sulfide) groups is 1. The Bertz CT molecular complexity index is 1020. The number of nitrogens with zero attached hydrogens (tertiary/aromatic N) is 2. The minimum Gasteiger partial charge on any atom is -0.333 e. The zero-order valence-corrected chi connectivity index (χ0v) is 15.7. The average molecular weight is 380 g/mol. The van der Waals surface area contributed by atoms with Gasteiger partial charge in [0.1, 0.15) is 0 Å². The highest BCUT2D eigenvalue weighted by atomic mass is 32.2. The minimum absolute atomic E-state index is 0.0937. The first-order chi connectivity index (χ1) is 12.7. The predicted octanol–water partition coefficient (Wildman–Crippen LogP) is 4.73. The van der Waals surface area contributed by atoms with Crippen molar-refractivity contribution in [1.29, 1.82) is 0 Å². The van der Waals surface area contributed by atoms with Gasteiger partial charge >= 0.3 is 0 Å². The SMILES string of the molecule is Cc1sc(NC(=O)CSc2nc3ccccc3[nH]2)nc1-c1ccccc1. The quantitative estimate of drug-likeness (QED) is 0.491. The normalized spacial score (nSPS) is 11.0. The van der Waals surface area contributed by atoms with Crippen LogP contribution in [0.2, 0.25) is 0 Å². The van der Waals surface area contributed by atoms with Gasteiger partial charge < -0.3 is 10.3 Å².